The van der Waals surface area contributed by atoms with Gasteiger partial charge >= 0.3 is 0 Å². The molecule has 5 heteroatoms. The molecule has 0 aromatic rings. The first kappa shape index (κ1) is 14.9. The fourth-order valence-corrected chi connectivity index (χ4v) is 3.90. The van der Waals surface area contributed by atoms with Crippen molar-refractivity contribution in [2.75, 3.05) is 12.3 Å². The molecule has 0 amide bonds. The van der Waals surface area contributed by atoms with Crippen molar-refractivity contribution in [2.24, 2.45) is 5.92 Å². The Morgan fingerprint density at radius 3 is 2.53 bits per heavy atom. The number of nitrogens with one attached hydrogen (secondary N) is 1. The molecule has 1 fully saturated rings. The summed E-state index contributed by atoms with van der Waals surface area (Å²) in [6.07, 6.45) is 6.55. The minimum atomic E-state index is -3.20. The fourth-order valence-electron chi connectivity index (χ4n) is 2.38. The summed E-state index contributed by atoms with van der Waals surface area (Å²) in [6.45, 7) is 2.13. The lowest BCUT2D eigenvalue weighted by Gasteiger charge is -2.21. The lowest BCUT2D eigenvalue weighted by Crippen LogP contribution is -2.35. The van der Waals surface area contributed by atoms with E-state index < -0.39 is 16.1 Å². The zero-order valence-corrected chi connectivity index (χ0v) is 11.5. The van der Waals surface area contributed by atoms with E-state index in [-0.39, 0.29) is 12.3 Å². The van der Waals surface area contributed by atoms with E-state index in [2.05, 4.69) is 4.72 Å². The molecular formula is C12H25NO3S. The summed E-state index contributed by atoms with van der Waals surface area (Å²) in [5.74, 6) is 0.538. The van der Waals surface area contributed by atoms with Gasteiger partial charge in [0.15, 0.2) is 0 Å². The molecule has 102 valence electrons. The molecule has 0 saturated heterocycles. The Kier molecular flexibility index (Phi) is 6.44. The Bertz CT molecular complexity index is 297. The summed E-state index contributed by atoms with van der Waals surface area (Å²) < 4.78 is 26.1. The predicted molar refractivity (Wildman–Crippen MR) is 69.3 cm³/mol. The van der Waals surface area contributed by atoms with Crippen LogP contribution in [0.2, 0.25) is 0 Å². The maximum Gasteiger partial charge on any atom is 0.211 e. The molecule has 2 N–H and O–H groups in total. The molecule has 4 nitrogen and oxygen atoms in total. The SMILES string of the molecule is CCCC(O)CNS(=O)(=O)CC1CCCCC1. The van der Waals surface area contributed by atoms with Gasteiger partial charge < -0.3 is 5.11 Å². The largest absolute Gasteiger partial charge is 0.392 e. The van der Waals surface area contributed by atoms with Crippen LogP contribution >= 0.6 is 0 Å². The van der Waals surface area contributed by atoms with E-state index in [1.165, 1.54) is 6.42 Å². The van der Waals surface area contributed by atoms with Gasteiger partial charge in [0.05, 0.1) is 11.9 Å². The molecule has 0 radical (unpaired) electrons. The van der Waals surface area contributed by atoms with E-state index in [4.69, 9.17) is 0 Å². The van der Waals surface area contributed by atoms with Crippen molar-refractivity contribution < 1.29 is 13.5 Å². The molecule has 17 heavy (non-hydrogen) atoms. The molecular weight excluding hydrogens is 238 g/mol. The van der Waals surface area contributed by atoms with Crippen molar-refractivity contribution in [3.8, 4) is 0 Å². The first-order chi connectivity index (χ1) is 8.03. The molecule has 1 aliphatic rings. The first-order valence-electron chi connectivity index (χ1n) is 6.69. The molecule has 1 atom stereocenters. The molecule has 1 rings (SSSR count). The monoisotopic (exact) mass is 263 g/mol. The molecule has 0 aromatic heterocycles. The van der Waals surface area contributed by atoms with E-state index >= 15 is 0 Å². The van der Waals surface area contributed by atoms with E-state index in [9.17, 15) is 13.5 Å². The predicted octanol–water partition coefficient (Wildman–Crippen LogP) is 1.65. The third kappa shape index (κ3) is 6.38. The summed E-state index contributed by atoms with van der Waals surface area (Å²) in [5, 5.41) is 9.49. The van der Waals surface area contributed by atoms with Crippen molar-refractivity contribution in [1.29, 1.82) is 0 Å². The number of hydrogen-bond donors (Lipinski definition) is 2. The molecule has 0 bridgehead atoms. The lowest BCUT2D eigenvalue weighted by atomic mass is 9.91. The second-order valence-electron chi connectivity index (χ2n) is 5.08. The quantitative estimate of drug-likeness (QED) is 0.734. The van der Waals surface area contributed by atoms with Crippen LogP contribution in [0, 0.1) is 5.92 Å². The Morgan fingerprint density at radius 2 is 1.94 bits per heavy atom. The van der Waals surface area contributed by atoms with Crippen molar-refractivity contribution in [3.05, 3.63) is 0 Å². The van der Waals surface area contributed by atoms with E-state index in [0.29, 0.717) is 12.3 Å². The van der Waals surface area contributed by atoms with Gasteiger partial charge in [-0.2, -0.15) is 0 Å². The summed E-state index contributed by atoms with van der Waals surface area (Å²) in [4.78, 5) is 0. The van der Waals surface area contributed by atoms with Crippen LogP contribution in [0.5, 0.6) is 0 Å². The smallest absolute Gasteiger partial charge is 0.211 e. The van der Waals surface area contributed by atoms with Gasteiger partial charge in [0.2, 0.25) is 10.0 Å². The zero-order valence-electron chi connectivity index (χ0n) is 10.7. The third-order valence-electron chi connectivity index (χ3n) is 3.34. The second-order valence-corrected chi connectivity index (χ2v) is 6.93. The van der Waals surface area contributed by atoms with Crippen LogP contribution < -0.4 is 4.72 Å². The third-order valence-corrected chi connectivity index (χ3v) is 4.86. The summed E-state index contributed by atoms with van der Waals surface area (Å²) in [7, 11) is -3.20. The highest BCUT2D eigenvalue weighted by atomic mass is 32.2. The fraction of sp³-hybridized carbons (Fsp3) is 1.00. The maximum absolute atomic E-state index is 11.8. The Hall–Kier alpha value is -0.130. The van der Waals surface area contributed by atoms with Gasteiger partial charge in [-0.05, 0) is 25.2 Å². The van der Waals surface area contributed by atoms with Gasteiger partial charge in [-0.3, -0.25) is 0 Å². The number of sulfonamides is 1. The topological polar surface area (TPSA) is 66.4 Å². The van der Waals surface area contributed by atoms with Crippen molar-refractivity contribution in [1.82, 2.24) is 4.72 Å². The lowest BCUT2D eigenvalue weighted by molar-refractivity contribution is 0.167. The van der Waals surface area contributed by atoms with Gasteiger partial charge in [-0.25, -0.2) is 13.1 Å². The highest BCUT2D eigenvalue weighted by Crippen LogP contribution is 2.24. The van der Waals surface area contributed by atoms with Crippen LogP contribution in [0.4, 0.5) is 0 Å². The molecule has 1 unspecified atom stereocenters. The number of rotatable bonds is 7. The first-order valence-corrected chi connectivity index (χ1v) is 8.34. The number of hydrogen-bond acceptors (Lipinski definition) is 3. The van der Waals surface area contributed by atoms with Gasteiger partial charge in [0.25, 0.3) is 0 Å². The Morgan fingerprint density at radius 1 is 1.29 bits per heavy atom. The van der Waals surface area contributed by atoms with E-state index in [1.807, 2.05) is 6.92 Å². The Labute approximate surface area is 105 Å². The van der Waals surface area contributed by atoms with Crippen LogP contribution in [0.3, 0.4) is 0 Å². The molecule has 0 aromatic carbocycles. The standard InChI is InChI=1S/C12H25NO3S/c1-2-6-12(14)9-13-17(15,16)10-11-7-4-3-5-8-11/h11-14H,2-10H2,1H3. The van der Waals surface area contributed by atoms with Crippen LogP contribution in [-0.2, 0) is 10.0 Å². The van der Waals surface area contributed by atoms with Gasteiger partial charge in [-0.1, -0.05) is 32.6 Å². The highest BCUT2D eigenvalue weighted by molar-refractivity contribution is 7.89. The maximum atomic E-state index is 11.8. The number of aliphatic hydroxyl groups excluding tert-OH is 1. The minimum absolute atomic E-state index is 0.156. The van der Waals surface area contributed by atoms with Crippen molar-refractivity contribution in [3.63, 3.8) is 0 Å². The van der Waals surface area contributed by atoms with E-state index in [0.717, 1.165) is 32.1 Å². The molecule has 0 spiro atoms. The summed E-state index contributed by atoms with van der Waals surface area (Å²) >= 11 is 0. The molecule has 0 heterocycles. The Balaban J connectivity index is 2.29. The summed E-state index contributed by atoms with van der Waals surface area (Å²) in [6, 6.07) is 0. The average Bonchev–Trinajstić information content (AvgIpc) is 2.28. The van der Waals surface area contributed by atoms with Gasteiger partial charge in [-0.15, -0.1) is 0 Å². The van der Waals surface area contributed by atoms with Crippen LogP contribution in [0.1, 0.15) is 51.9 Å². The van der Waals surface area contributed by atoms with Gasteiger partial charge in [0, 0.05) is 6.54 Å². The highest BCUT2D eigenvalue weighted by Gasteiger charge is 2.21. The average molecular weight is 263 g/mol. The van der Waals surface area contributed by atoms with Gasteiger partial charge in [0.1, 0.15) is 0 Å². The molecule has 1 saturated carbocycles. The molecule has 1 aliphatic carbocycles. The number of aliphatic hydroxyl groups is 1. The van der Waals surface area contributed by atoms with Crippen molar-refractivity contribution >= 4 is 10.0 Å². The van der Waals surface area contributed by atoms with Crippen molar-refractivity contribution in [2.45, 2.75) is 58.0 Å². The van der Waals surface area contributed by atoms with Crippen LogP contribution in [0.25, 0.3) is 0 Å². The zero-order chi connectivity index (χ0) is 12.7. The molecule has 0 aliphatic heterocycles. The van der Waals surface area contributed by atoms with Crippen LogP contribution in [-0.4, -0.2) is 31.9 Å². The van der Waals surface area contributed by atoms with Crippen LogP contribution in [0.15, 0.2) is 0 Å². The van der Waals surface area contributed by atoms with E-state index in [1.54, 1.807) is 0 Å². The summed E-state index contributed by atoms with van der Waals surface area (Å²) in [5.41, 5.74) is 0. The normalized spacial score (nSPS) is 20.4. The minimum Gasteiger partial charge on any atom is -0.392 e. The second kappa shape index (κ2) is 7.34.